The molecular formula is C32H34N2O5S. The van der Waals surface area contributed by atoms with Crippen LogP contribution >= 0.6 is 0 Å². The lowest BCUT2D eigenvalue weighted by atomic mass is 10.1. The summed E-state index contributed by atoms with van der Waals surface area (Å²) in [5, 5.41) is 2.86. The number of nitrogens with zero attached hydrogens (tertiary/aromatic N) is 1. The summed E-state index contributed by atoms with van der Waals surface area (Å²) in [4.78, 5) is 12.6. The number of nitrogens with one attached hydrogen (secondary N) is 1. The normalized spacial score (nSPS) is 11.1. The monoisotopic (exact) mass is 558 g/mol. The molecule has 0 aliphatic heterocycles. The topological polar surface area (TPSA) is 84.9 Å². The molecule has 0 aliphatic rings. The van der Waals surface area contributed by atoms with Crippen molar-refractivity contribution in [2.75, 3.05) is 23.7 Å². The van der Waals surface area contributed by atoms with Crippen molar-refractivity contribution >= 4 is 21.6 Å². The summed E-state index contributed by atoms with van der Waals surface area (Å²) in [5.74, 6) is 1.57. The van der Waals surface area contributed by atoms with Crippen LogP contribution in [-0.4, -0.2) is 33.7 Å². The van der Waals surface area contributed by atoms with E-state index in [0.717, 1.165) is 30.4 Å². The first-order valence-corrected chi connectivity index (χ1v) is 15.1. The Balaban J connectivity index is 1.36. The molecule has 1 amide bonds. The molecule has 7 nitrogen and oxygen atoms in total. The van der Waals surface area contributed by atoms with Crippen LogP contribution < -0.4 is 19.1 Å². The van der Waals surface area contributed by atoms with Gasteiger partial charge in [-0.25, -0.2) is 8.42 Å². The van der Waals surface area contributed by atoms with Crippen LogP contribution in [0.1, 0.15) is 34.8 Å². The van der Waals surface area contributed by atoms with E-state index in [1.165, 1.54) is 9.87 Å². The van der Waals surface area contributed by atoms with Crippen molar-refractivity contribution in [1.29, 1.82) is 0 Å². The fourth-order valence-corrected chi connectivity index (χ4v) is 5.04. The Kier molecular flexibility index (Phi) is 9.81. The van der Waals surface area contributed by atoms with Gasteiger partial charge < -0.3 is 14.8 Å². The minimum absolute atomic E-state index is 0.0841. The Labute approximate surface area is 236 Å². The highest BCUT2D eigenvalue weighted by Crippen LogP contribution is 2.34. The minimum Gasteiger partial charge on any atom is -0.492 e. The molecule has 208 valence electrons. The van der Waals surface area contributed by atoms with E-state index in [9.17, 15) is 13.2 Å². The van der Waals surface area contributed by atoms with Crippen LogP contribution in [0.15, 0.2) is 103 Å². The average molecular weight is 559 g/mol. The molecular weight excluding hydrogens is 524 g/mol. The molecule has 0 unspecified atom stereocenters. The van der Waals surface area contributed by atoms with E-state index in [-0.39, 0.29) is 12.5 Å². The van der Waals surface area contributed by atoms with Gasteiger partial charge in [0.2, 0.25) is 10.0 Å². The zero-order valence-corrected chi connectivity index (χ0v) is 23.6. The van der Waals surface area contributed by atoms with Gasteiger partial charge >= 0.3 is 0 Å². The molecule has 0 heterocycles. The summed E-state index contributed by atoms with van der Waals surface area (Å²) in [5.41, 5.74) is 2.91. The van der Waals surface area contributed by atoms with Crippen LogP contribution in [-0.2, 0) is 23.0 Å². The number of sulfonamides is 1. The number of hydrogen-bond donors (Lipinski definition) is 1. The Morgan fingerprint density at radius 2 is 1.45 bits per heavy atom. The predicted octanol–water partition coefficient (Wildman–Crippen LogP) is 6.21. The van der Waals surface area contributed by atoms with E-state index in [0.29, 0.717) is 35.9 Å². The summed E-state index contributed by atoms with van der Waals surface area (Å²) in [7, 11) is -3.64. The number of aryl methyl sites for hydroxylation is 1. The molecule has 0 atom stereocenters. The minimum atomic E-state index is -3.64. The summed E-state index contributed by atoms with van der Waals surface area (Å²) < 4.78 is 38.6. The van der Waals surface area contributed by atoms with E-state index in [2.05, 4.69) is 24.4 Å². The standard InChI is InChI=1S/C32H34N2O5S/c1-3-9-25-16-20-28(21-17-25)38-23-22-33-32(35)27-18-14-26(15-19-27)24-34(40(2,36)37)30-12-7-8-13-31(30)39-29-10-5-4-6-11-29/h4-8,10-21H,3,9,22-24H2,1-2H3,(H,33,35). The number of carbonyl (C=O) groups excluding carboxylic acids is 1. The lowest BCUT2D eigenvalue weighted by Crippen LogP contribution is -2.30. The van der Waals surface area contributed by atoms with E-state index in [4.69, 9.17) is 9.47 Å². The third-order valence-corrected chi connectivity index (χ3v) is 7.29. The first kappa shape index (κ1) is 28.7. The number of anilines is 1. The summed E-state index contributed by atoms with van der Waals surface area (Å²) in [6.07, 6.45) is 3.30. The molecule has 0 radical (unpaired) electrons. The number of benzene rings is 4. The SMILES string of the molecule is CCCc1ccc(OCCNC(=O)c2ccc(CN(c3ccccc3Oc3ccccc3)S(C)(=O)=O)cc2)cc1. The van der Waals surface area contributed by atoms with Crippen LogP contribution in [0, 0.1) is 0 Å². The smallest absolute Gasteiger partial charge is 0.251 e. The second-order valence-electron chi connectivity index (χ2n) is 9.35. The number of rotatable bonds is 13. The molecule has 4 aromatic carbocycles. The van der Waals surface area contributed by atoms with Gasteiger partial charge in [0.05, 0.1) is 25.0 Å². The molecule has 40 heavy (non-hydrogen) atoms. The summed E-state index contributed by atoms with van der Waals surface area (Å²) >= 11 is 0. The van der Waals surface area contributed by atoms with Gasteiger partial charge in [0.25, 0.3) is 5.91 Å². The van der Waals surface area contributed by atoms with Gasteiger partial charge in [0, 0.05) is 5.56 Å². The Bertz CT molecular complexity index is 1490. The van der Waals surface area contributed by atoms with Gasteiger partial charge in [-0.1, -0.05) is 67.9 Å². The van der Waals surface area contributed by atoms with Gasteiger partial charge in [0.1, 0.15) is 18.1 Å². The molecule has 0 saturated carbocycles. The van der Waals surface area contributed by atoms with Crippen molar-refractivity contribution in [2.24, 2.45) is 0 Å². The zero-order chi connectivity index (χ0) is 28.4. The van der Waals surface area contributed by atoms with Gasteiger partial charge in [-0.05, 0) is 66.1 Å². The molecule has 0 aromatic heterocycles. The number of amides is 1. The Morgan fingerprint density at radius 1 is 0.800 bits per heavy atom. The largest absolute Gasteiger partial charge is 0.492 e. The summed E-state index contributed by atoms with van der Waals surface area (Å²) in [6.45, 7) is 2.94. The fourth-order valence-electron chi connectivity index (χ4n) is 4.15. The molecule has 4 aromatic rings. The first-order valence-electron chi connectivity index (χ1n) is 13.2. The third kappa shape index (κ3) is 8.10. The van der Waals surface area contributed by atoms with Crippen molar-refractivity contribution in [3.05, 3.63) is 120 Å². The van der Waals surface area contributed by atoms with Crippen molar-refractivity contribution < 1.29 is 22.7 Å². The molecule has 0 bridgehead atoms. The predicted molar refractivity (Wildman–Crippen MR) is 159 cm³/mol. The third-order valence-electron chi connectivity index (χ3n) is 6.17. The molecule has 0 fully saturated rings. The Morgan fingerprint density at radius 3 is 2.12 bits per heavy atom. The van der Waals surface area contributed by atoms with Crippen molar-refractivity contribution in [2.45, 2.75) is 26.3 Å². The molecule has 0 saturated heterocycles. The molecule has 0 spiro atoms. The highest BCUT2D eigenvalue weighted by atomic mass is 32.2. The van der Waals surface area contributed by atoms with Crippen LogP contribution in [0.4, 0.5) is 5.69 Å². The molecule has 4 rings (SSSR count). The van der Waals surface area contributed by atoms with Crippen molar-refractivity contribution in [1.82, 2.24) is 5.32 Å². The lowest BCUT2D eigenvalue weighted by Gasteiger charge is -2.25. The number of carbonyl (C=O) groups is 1. The maximum atomic E-state index is 12.8. The van der Waals surface area contributed by atoms with Gasteiger partial charge in [0.15, 0.2) is 5.75 Å². The zero-order valence-electron chi connectivity index (χ0n) is 22.7. The maximum Gasteiger partial charge on any atom is 0.251 e. The number of para-hydroxylation sites is 3. The molecule has 0 aliphatic carbocycles. The van der Waals surface area contributed by atoms with Gasteiger partial charge in [-0.15, -0.1) is 0 Å². The lowest BCUT2D eigenvalue weighted by molar-refractivity contribution is 0.0947. The molecule has 8 heteroatoms. The Hall–Kier alpha value is -4.30. The first-order chi connectivity index (χ1) is 19.3. The fraction of sp³-hybridized carbons (Fsp3) is 0.219. The van der Waals surface area contributed by atoms with Crippen LogP contribution in [0.2, 0.25) is 0 Å². The van der Waals surface area contributed by atoms with E-state index >= 15 is 0 Å². The van der Waals surface area contributed by atoms with E-state index in [1.54, 1.807) is 48.5 Å². The van der Waals surface area contributed by atoms with Crippen molar-refractivity contribution in [3.63, 3.8) is 0 Å². The highest BCUT2D eigenvalue weighted by molar-refractivity contribution is 7.92. The number of ether oxygens (including phenoxy) is 2. The van der Waals surface area contributed by atoms with Crippen LogP contribution in [0.5, 0.6) is 17.2 Å². The van der Waals surface area contributed by atoms with Crippen molar-refractivity contribution in [3.8, 4) is 17.2 Å². The van der Waals surface area contributed by atoms with Crippen LogP contribution in [0.25, 0.3) is 0 Å². The molecule has 1 N–H and O–H groups in total. The second-order valence-corrected chi connectivity index (χ2v) is 11.3. The van der Waals surface area contributed by atoms with E-state index in [1.807, 2.05) is 42.5 Å². The average Bonchev–Trinajstić information content (AvgIpc) is 2.96. The maximum absolute atomic E-state index is 12.8. The second kappa shape index (κ2) is 13.7. The van der Waals surface area contributed by atoms with E-state index < -0.39 is 10.0 Å². The quantitative estimate of drug-likeness (QED) is 0.197. The number of hydrogen-bond acceptors (Lipinski definition) is 5. The van der Waals surface area contributed by atoms with Gasteiger partial charge in [-0.3, -0.25) is 9.10 Å². The summed E-state index contributed by atoms with van der Waals surface area (Å²) in [6, 6.07) is 31.1. The van der Waals surface area contributed by atoms with Gasteiger partial charge in [-0.2, -0.15) is 0 Å². The van der Waals surface area contributed by atoms with Crippen LogP contribution in [0.3, 0.4) is 0 Å². The highest BCUT2D eigenvalue weighted by Gasteiger charge is 2.22.